The third-order valence-corrected chi connectivity index (χ3v) is 11.8. The third kappa shape index (κ3) is 9.41. The molecular weight excluding hydrogens is 622 g/mol. The number of hydrogen-bond donors (Lipinski definition) is 4. The molecule has 2 aromatic rings. The highest BCUT2D eigenvalue weighted by molar-refractivity contribution is 7.92. The lowest BCUT2D eigenvalue weighted by atomic mass is 9.72. The van der Waals surface area contributed by atoms with Crippen molar-refractivity contribution in [3.63, 3.8) is 0 Å². The summed E-state index contributed by atoms with van der Waals surface area (Å²) in [5.41, 5.74) is 0.418. The number of rotatable bonds is 12. The molecule has 6 atom stereocenters. The van der Waals surface area contributed by atoms with Crippen LogP contribution in [0.4, 0.5) is 0 Å². The molecule has 4 N–H and O–H groups in total. The van der Waals surface area contributed by atoms with Crippen molar-refractivity contribution in [3.05, 3.63) is 53.9 Å². The predicted octanol–water partition coefficient (Wildman–Crippen LogP) is 2.48. The summed E-state index contributed by atoms with van der Waals surface area (Å²) in [6.07, 6.45) is 6.52. The van der Waals surface area contributed by atoms with Gasteiger partial charge < -0.3 is 25.6 Å². The van der Waals surface area contributed by atoms with Gasteiger partial charge in [0, 0.05) is 31.0 Å². The van der Waals surface area contributed by atoms with Crippen molar-refractivity contribution >= 4 is 27.6 Å². The summed E-state index contributed by atoms with van der Waals surface area (Å²) in [5.74, 6) is -0.979. The number of carbonyl (C=O) groups is 3. The molecule has 13 heteroatoms. The maximum atomic E-state index is 14.0. The fourth-order valence-corrected chi connectivity index (χ4v) is 7.31. The second-order valence-corrected chi connectivity index (χ2v) is 17.4. The van der Waals surface area contributed by atoms with Gasteiger partial charge in [-0.3, -0.25) is 19.3 Å². The average Bonchev–Trinajstić information content (AvgIpc) is 3.53. The Bertz CT molecular complexity index is 1470. The molecule has 2 fully saturated rings. The molecule has 4 rings (SSSR count). The minimum absolute atomic E-state index is 0.0811. The van der Waals surface area contributed by atoms with Crippen LogP contribution in [-0.2, 0) is 25.8 Å². The lowest BCUT2D eigenvalue weighted by molar-refractivity contribution is -0.133. The van der Waals surface area contributed by atoms with Crippen molar-refractivity contribution in [1.29, 1.82) is 0 Å². The average molecular weight is 674 g/mol. The highest BCUT2D eigenvalue weighted by Crippen LogP contribution is 2.39. The van der Waals surface area contributed by atoms with Gasteiger partial charge in [-0.05, 0) is 71.3 Å². The van der Waals surface area contributed by atoms with Gasteiger partial charge in [0.25, 0.3) is 5.91 Å². The number of likely N-dealkylation sites (tertiary alicyclic amines) is 1. The minimum atomic E-state index is -3.88. The number of sulfone groups is 1. The molecule has 1 saturated carbocycles. The number of aliphatic hydroxyl groups excluding tert-OH is 1. The van der Waals surface area contributed by atoms with Crippen LogP contribution in [0.2, 0.25) is 0 Å². The molecule has 1 saturated heterocycles. The Kier molecular flexibility index (Phi) is 11.6. The second-order valence-electron chi connectivity index (χ2n) is 14.8. The van der Waals surface area contributed by atoms with E-state index in [0.717, 1.165) is 37.5 Å². The number of hydrogen-bond acceptors (Lipinski definition) is 9. The van der Waals surface area contributed by atoms with Crippen molar-refractivity contribution < 1.29 is 32.4 Å². The van der Waals surface area contributed by atoms with E-state index in [1.165, 1.54) is 26.1 Å². The second kappa shape index (κ2) is 14.9. The van der Waals surface area contributed by atoms with E-state index in [1.54, 1.807) is 0 Å². The van der Waals surface area contributed by atoms with Crippen molar-refractivity contribution in [2.24, 2.45) is 11.8 Å². The van der Waals surface area contributed by atoms with Gasteiger partial charge in [-0.2, -0.15) is 0 Å². The van der Waals surface area contributed by atoms with Crippen molar-refractivity contribution in [3.8, 4) is 0 Å². The molecule has 1 aromatic heterocycles. The van der Waals surface area contributed by atoms with E-state index in [0.29, 0.717) is 24.8 Å². The largest absolute Gasteiger partial charge is 0.390 e. The van der Waals surface area contributed by atoms with Crippen LogP contribution in [0.1, 0.15) is 82.8 Å². The van der Waals surface area contributed by atoms with Crippen LogP contribution in [-0.4, -0.2) is 95.2 Å². The standard InChI is InChI=1S/C34H51N5O7S/c1-33(2,3)38-30(41)26-19-23-14-10-11-15-24(23)20-39(26)21-27(40)25(18-22-12-8-7-9-13-22)36-32(43)29(34(4,5)47(6,44)45)37-31(42)28-16-17-35-46-28/h7-9,12-13,16-17,23-27,29,40H,10-11,14-15,18-21H2,1-6H3,(H,36,43)(H,37,42)(H,38,41)/t23?,24?,25-,26-,27+,29+/m0/s1. The number of nitrogens with zero attached hydrogens (tertiary/aromatic N) is 2. The fraction of sp³-hybridized carbons (Fsp3) is 0.647. The van der Waals surface area contributed by atoms with Gasteiger partial charge in [0.1, 0.15) is 6.04 Å². The monoisotopic (exact) mass is 673 g/mol. The molecule has 260 valence electrons. The van der Waals surface area contributed by atoms with Crippen LogP contribution in [0.25, 0.3) is 0 Å². The van der Waals surface area contributed by atoms with E-state index in [-0.39, 0.29) is 24.6 Å². The van der Waals surface area contributed by atoms with Crippen LogP contribution in [0, 0.1) is 11.8 Å². The molecular formula is C34H51N5O7S. The topological polar surface area (TPSA) is 171 Å². The minimum Gasteiger partial charge on any atom is -0.390 e. The number of piperidine rings is 1. The Balaban J connectivity index is 1.62. The number of benzene rings is 1. The van der Waals surface area contributed by atoms with Gasteiger partial charge >= 0.3 is 0 Å². The van der Waals surface area contributed by atoms with Gasteiger partial charge in [0.15, 0.2) is 9.84 Å². The van der Waals surface area contributed by atoms with E-state index >= 15 is 0 Å². The summed E-state index contributed by atoms with van der Waals surface area (Å²) in [6, 6.07) is 7.79. The van der Waals surface area contributed by atoms with Crippen LogP contribution in [0.3, 0.4) is 0 Å². The number of aromatic nitrogens is 1. The van der Waals surface area contributed by atoms with Gasteiger partial charge in [-0.25, -0.2) is 8.42 Å². The van der Waals surface area contributed by atoms with Gasteiger partial charge in [-0.15, -0.1) is 0 Å². The fourth-order valence-electron chi connectivity index (χ4n) is 6.72. The summed E-state index contributed by atoms with van der Waals surface area (Å²) in [7, 11) is -3.88. The first-order valence-electron chi connectivity index (χ1n) is 16.5. The number of carbonyl (C=O) groups excluding carboxylic acids is 3. The molecule has 0 bridgehead atoms. The number of aliphatic hydroxyl groups is 1. The summed E-state index contributed by atoms with van der Waals surface area (Å²) >= 11 is 0. The maximum absolute atomic E-state index is 14.0. The number of fused-ring (bicyclic) bond motifs is 1. The van der Waals surface area contributed by atoms with E-state index in [4.69, 9.17) is 4.52 Å². The molecule has 47 heavy (non-hydrogen) atoms. The zero-order chi connectivity index (χ0) is 34.6. The zero-order valence-corrected chi connectivity index (χ0v) is 29.2. The number of nitrogens with one attached hydrogen (secondary N) is 3. The smallest absolute Gasteiger partial charge is 0.290 e. The molecule has 0 radical (unpaired) electrons. The van der Waals surface area contributed by atoms with Crippen LogP contribution >= 0.6 is 0 Å². The Labute approximate surface area is 278 Å². The molecule has 1 aromatic carbocycles. The first kappa shape index (κ1) is 36.5. The third-order valence-electron chi connectivity index (χ3n) is 9.67. The normalized spacial score (nSPS) is 22.7. The maximum Gasteiger partial charge on any atom is 0.290 e. The summed E-state index contributed by atoms with van der Waals surface area (Å²) in [6.45, 7) is 9.33. The number of amides is 3. The van der Waals surface area contributed by atoms with E-state index in [9.17, 15) is 27.9 Å². The van der Waals surface area contributed by atoms with E-state index in [1.807, 2.05) is 56.0 Å². The molecule has 1 aliphatic carbocycles. The Morgan fingerprint density at radius 3 is 2.28 bits per heavy atom. The highest BCUT2D eigenvalue weighted by atomic mass is 32.2. The Morgan fingerprint density at radius 1 is 1.02 bits per heavy atom. The molecule has 0 spiro atoms. The summed E-state index contributed by atoms with van der Waals surface area (Å²) < 4.78 is 29.0. The van der Waals surface area contributed by atoms with Crippen LogP contribution in [0.15, 0.2) is 47.1 Å². The molecule has 3 amide bonds. The molecule has 2 aliphatic rings. The lowest BCUT2D eigenvalue weighted by Crippen LogP contribution is -2.64. The Morgan fingerprint density at radius 2 is 1.68 bits per heavy atom. The molecule has 2 heterocycles. The van der Waals surface area contributed by atoms with Crippen LogP contribution < -0.4 is 16.0 Å². The van der Waals surface area contributed by atoms with Crippen molar-refractivity contribution in [1.82, 2.24) is 26.0 Å². The summed E-state index contributed by atoms with van der Waals surface area (Å²) in [5, 5.41) is 23.9. The van der Waals surface area contributed by atoms with E-state index in [2.05, 4.69) is 21.1 Å². The van der Waals surface area contributed by atoms with Gasteiger partial charge in [-0.1, -0.05) is 54.8 Å². The first-order chi connectivity index (χ1) is 22.0. The predicted molar refractivity (Wildman–Crippen MR) is 178 cm³/mol. The SMILES string of the molecule is CC(C)(C)NC(=O)[C@@H]1CC2CCCCC2CN1C[C@@H](O)[C@H](Cc1ccccc1)NC(=O)[C@@H](NC(=O)c1ccno1)C(C)(C)S(C)(=O)=O. The zero-order valence-electron chi connectivity index (χ0n) is 28.4. The summed E-state index contributed by atoms with van der Waals surface area (Å²) in [4.78, 5) is 42.6. The van der Waals surface area contributed by atoms with Gasteiger partial charge in [0.05, 0.1) is 29.1 Å². The number of β-amino-alcohol motifs (C(OH)–C–C–N with tert-alkyl or cyclic N) is 1. The molecule has 1 aliphatic heterocycles. The van der Waals surface area contributed by atoms with Crippen LogP contribution in [0.5, 0.6) is 0 Å². The molecule has 12 nitrogen and oxygen atoms in total. The van der Waals surface area contributed by atoms with Crippen molar-refractivity contribution in [2.45, 2.75) is 108 Å². The highest BCUT2D eigenvalue weighted by Gasteiger charge is 2.46. The lowest BCUT2D eigenvalue weighted by Gasteiger charge is -2.47. The quantitative estimate of drug-likeness (QED) is 0.264. The molecule has 2 unspecified atom stereocenters. The van der Waals surface area contributed by atoms with E-state index < -0.39 is 56.2 Å². The first-order valence-corrected chi connectivity index (χ1v) is 18.3. The Hall–Kier alpha value is -3.29. The van der Waals surface area contributed by atoms with Gasteiger partial charge in [0.2, 0.25) is 17.6 Å². The van der Waals surface area contributed by atoms with Crippen molar-refractivity contribution in [2.75, 3.05) is 19.3 Å².